The maximum Gasteiger partial charge on any atom is 0.160 e. The number of hydrogen-bond acceptors (Lipinski definition) is 3. The predicted molar refractivity (Wildman–Crippen MR) is 197 cm³/mol. The lowest BCUT2D eigenvalue weighted by Gasteiger charge is -2.40. The number of aromatic nitrogens is 2. The van der Waals surface area contributed by atoms with Gasteiger partial charge in [0.2, 0.25) is 0 Å². The van der Waals surface area contributed by atoms with Gasteiger partial charge in [-0.3, -0.25) is 0 Å². The van der Waals surface area contributed by atoms with Crippen molar-refractivity contribution >= 4 is 22.5 Å². The number of benzene rings is 7. The predicted octanol–water partition coefficient (Wildman–Crippen LogP) is 11.5. The van der Waals surface area contributed by atoms with Crippen molar-refractivity contribution in [1.29, 1.82) is 0 Å². The van der Waals surface area contributed by atoms with Crippen molar-refractivity contribution in [3.05, 3.63) is 192 Å². The summed E-state index contributed by atoms with van der Waals surface area (Å²) in [5, 5.41) is 2.52. The van der Waals surface area contributed by atoms with Crippen molar-refractivity contribution in [2.24, 2.45) is 0 Å². The summed E-state index contributed by atoms with van der Waals surface area (Å²) in [6.45, 7) is 0. The SMILES string of the molecule is c1ccc(-c2cc(-c3ccccc3)nc(-c3ccc4c(c3)C3(c5cc6ccccc6cc5S4)c4ccccc4-c4ccccc43)n2)cc1. The molecule has 0 saturated carbocycles. The quantitative estimate of drug-likeness (QED) is 0.195. The van der Waals surface area contributed by atoms with Crippen LogP contribution in [0.5, 0.6) is 0 Å². The summed E-state index contributed by atoms with van der Waals surface area (Å²) in [6, 6.07) is 61.3. The summed E-state index contributed by atoms with van der Waals surface area (Å²) in [4.78, 5) is 13.0. The molecule has 8 aromatic rings. The normalized spacial score (nSPS) is 13.5. The van der Waals surface area contributed by atoms with Crippen molar-refractivity contribution in [2.45, 2.75) is 15.2 Å². The number of rotatable bonds is 3. The molecule has 0 atom stereocenters. The van der Waals surface area contributed by atoms with E-state index >= 15 is 0 Å². The molecule has 0 fully saturated rings. The molecule has 10 rings (SSSR count). The van der Waals surface area contributed by atoms with Gasteiger partial charge in [-0.05, 0) is 74.5 Å². The Kier molecular flexibility index (Phi) is 6.06. The molecule has 0 amide bonds. The van der Waals surface area contributed by atoms with Gasteiger partial charge in [0, 0.05) is 26.5 Å². The van der Waals surface area contributed by atoms with Crippen LogP contribution in [0.3, 0.4) is 0 Å². The van der Waals surface area contributed by atoms with Gasteiger partial charge in [0.15, 0.2) is 5.82 Å². The van der Waals surface area contributed by atoms with Gasteiger partial charge in [0.05, 0.1) is 16.8 Å². The molecule has 0 saturated heterocycles. The second-order valence-corrected chi connectivity index (χ2v) is 13.6. The summed E-state index contributed by atoms with van der Waals surface area (Å²) >= 11 is 1.87. The van der Waals surface area contributed by atoms with Gasteiger partial charge < -0.3 is 0 Å². The van der Waals surface area contributed by atoms with E-state index < -0.39 is 5.41 Å². The van der Waals surface area contributed by atoms with Gasteiger partial charge in [-0.2, -0.15) is 0 Å². The van der Waals surface area contributed by atoms with Gasteiger partial charge in [-0.15, -0.1) is 0 Å². The van der Waals surface area contributed by atoms with Crippen LogP contribution in [0.15, 0.2) is 180 Å². The Labute approximate surface area is 283 Å². The van der Waals surface area contributed by atoms with Gasteiger partial charge in [-0.25, -0.2) is 9.97 Å². The van der Waals surface area contributed by atoms with E-state index in [9.17, 15) is 0 Å². The molecule has 2 aliphatic rings. The van der Waals surface area contributed by atoms with E-state index in [1.165, 1.54) is 53.9 Å². The standard InChI is InChI=1S/C45H28N2S/c1-3-13-29(14-4-1)40-28-41(30-15-5-2-6-16-30)47-44(46-40)33-23-24-42-38(26-33)45(39-25-31-17-7-8-18-32(31)27-43(39)48-42)36-21-11-9-19-34(36)35-20-10-12-22-37(35)45/h1-28H. The zero-order valence-corrected chi connectivity index (χ0v) is 26.8. The van der Waals surface area contributed by atoms with Crippen LogP contribution >= 0.6 is 11.8 Å². The Morgan fingerprint density at radius 2 is 0.896 bits per heavy atom. The van der Waals surface area contributed by atoms with Crippen molar-refractivity contribution in [1.82, 2.24) is 9.97 Å². The molecule has 2 nitrogen and oxygen atoms in total. The average molecular weight is 629 g/mol. The first-order chi connectivity index (χ1) is 23.8. The van der Waals surface area contributed by atoms with Crippen LogP contribution in [-0.4, -0.2) is 9.97 Å². The Bertz CT molecular complexity index is 2440. The fourth-order valence-corrected chi connectivity index (χ4v) is 9.02. The third kappa shape index (κ3) is 4.01. The molecule has 1 aromatic heterocycles. The van der Waals surface area contributed by atoms with E-state index in [1.54, 1.807) is 0 Å². The highest BCUT2D eigenvalue weighted by atomic mass is 32.2. The van der Waals surface area contributed by atoms with E-state index in [-0.39, 0.29) is 0 Å². The molecule has 2 heterocycles. The summed E-state index contributed by atoms with van der Waals surface area (Å²) < 4.78 is 0. The molecule has 7 aromatic carbocycles. The fraction of sp³-hybridized carbons (Fsp3) is 0.0222. The number of hydrogen-bond donors (Lipinski definition) is 0. The Morgan fingerprint density at radius 1 is 0.375 bits per heavy atom. The van der Waals surface area contributed by atoms with E-state index in [0.717, 1.165) is 33.9 Å². The summed E-state index contributed by atoms with van der Waals surface area (Å²) in [6.07, 6.45) is 0. The Balaban J connectivity index is 1.27. The fourth-order valence-electron chi connectivity index (χ4n) is 7.82. The van der Waals surface area contributed by atoms with Crippen LogP contribution < -0.4 is 0 Å². The first-order valence-electron chi connectivity index (χ1n) is 16.3. The van der Waals surface area contributed by atoms with Crippen molar-refractivity contribution in [3.63, 3.8) is 0 Å². The van der Waals surface area contributed by atoms with E-state index in [1.807, 2.05) is 23.9 Å². The summed E-state index contributed by atoms with van der Waals surface area (Å²) in [5.41, 5.74) is 12.3. The molecule has 0 radical (unpaired) electrons. The largest absolute Gasteiger partial charge is 0.228 e. The summed E-state index contributed by atoms with van der Waals surface area (Å²) in [7, 11) is 0. The smallest absolute Gasteiger partial charge is 0.160 e. The maximum absolute atomic E-state index is 5.22. The molecule has 1 aliphatic carbocycles. The lowest BCUT2D eigenvalue weighted by molar-refractivity contribution is 0.724. The second kappa shape index (κ2) is 10.6. The van der Waals surface area contributed by atoms with Gasteiger partial charge >= 0.3 is 0 Å². The van der Waals surface area contributed by atoms with Crippen LogP contribution in [0, 0.1) is 0 Å². The molecule has 0 unspecified atom stereocenters. The first-order valence-corrected chi connectivity index (χ1v) is 17.1. The molecular formula is C45H28N2S. The Hall–Kier alpha value is -5.77. The minimum Gasteiger partial charge on any atom is -0.228 e. The highest BCUT2D eigenvalue weighted by Gasteiger charge is 2.50. The highest BCUT2D eigenvalue weighted by Crippen LogP contribution is 2.62. The zero-order chi connectivity index (χ0) is 31.7. The van der Waals surface area contributed by atoms with E-state index in [0.29, 0.717) is 0 Å². The molecule has 1 spiro atoms. The van der Waals surface area contributed by atoms with Crippen LogP contribution in [0.1, 0.15) is 22.3 Å². The summed E-state index contributed by atoms with van der Waals surface area (Å²) in [5.74, 6) is 0.724. The van der Waals surface area contributed by atoms with Gasteiger partial charge in [0.25, 0.3) is 0 Å². The van der Waals surface area contributed by atoms with Crippen molar-refractivity contribution in [2.75, 3.05) is 0 Å². The molecule has 0 bridgehead atoms. The van der Waals surface area contributed by atoms with Crippen molar-refractivity contribution in [3.8, 4) is 45.0 Å². The molecule has 48 heavy (non-hydrogen) atoms. The van der Waals surface area contributed by atoms with E-state index in [4.69, 9.17) is 9.97 Å². The van der Waals surface area contributed by atoms with Crippen LogP contribution in [0.4, 0.5) is 0 Å². The lowest BCUT2D eigenvalue weighted by atomic mass is 9.67. The van der Waals surface area contributed by atoms with Crippen LogP contribution in [0.2, 0.25) is 0 Å². The third-order valence-electron chi connectivity index (χ3n) is 9.93. The minimum absolute atomic E-state index is 0.484. The molecule has 224 valence electrons. The third-order valence-corrected chi connectivity index (χ3v) is 11.1. The number of fused-ring (bicyclic) bond motifs is 10. The average Bonchev–Trinajstić information content (AvgIpc) is 3.45. The molecule has 3 heteroatoms. The lowest BCUT2D eigenvalue weighted by Crippen LogP contribution is -2.32. The minimum atomic E-state index is -0.484. The van der Waals surface area contributed by atoms with Crippen LogP contribution in [-0.2, 0) is 5.41 Å². The monoisotopic (exact) mass is 628 g/mol. The molecule has 0 N–H and O–H groups in total. The molecular weight excluding hydrogens is 601 g/mol. The topological polar surface area (TPSA) is 25.8 Å². The highest BCUT2D eigenvalue weighted by molar-refractivity contribution is 7.99. The van der Waals surface area contributed by atoms with E-state index in [2.05, 4.69) is 158 Å². The second-order valence-electron chi connectivity index (χ2n) is 12.5. The van der Waals surface area contributed by atoms with Gasteiger partial charge in [-0.1, -0.05) is 151 Å². The van der Waals surface area contributed by atoms with Crippen molar-refractivity contribution < 1.29 is 0 Å². The zero-order valence-electron chi connectivity index (χ0n) is 26.0. The van der Waals surface area contributed by atoms with Gasteiger partial charge in [0.1, 0.15) is 0 Å². The number of nitrogens with zero attached hydrogens (tertiary/aromatic N) is 2. The maximum atomic E-state index is 5.22. The van der Waals surface area contributed by atoms with Crippen LogP contribution in [0.25, 0.3) is 55.8 Å². The molecule has 1 aliphatic heterocycles. The first kappa shape index (κ1) is 27.4. The Morgan fingerprint density at radius 3 is 1.52 bits per heavy atom.